The van der Waals surface area contributed by atoms with E-state index < -0.39 is 11.7 Å². The summed E-state index contributed by atoms with van der Waals surface area (Å²) in [5.74, 6) is 0.134. The van der Waals surface area contributed by atoms with E-state index in [1.54, 1.807) is 12.1 Å². The molecule has 0 fully saturated rings. The van der Waals surface area contributed by atoms with Crippen LogP contribution >= 0.6 is 0 Å². The molecule has 0 spiro atoms. The lowest BCUT2D eigenvalue weighted by molar-refractivity contribution is -0.137. The number of alkyl halides is 3. The fourth-order valence-corrected chi connectivity index (χ4v) is 1.59. The number of nitrogens with one attached hydrogen (secondary N) is 1. The first-order valence-electron chi connectivity index (χ1n) is 5.54. The molecule has 1 nitrogen and oxygen atoms in total. The highest BCUT2D eigenvalue weighted by Crippen LogP contribution is 2.32. The Morgan fingerprint density at radius 2 is 1.53 bits per heavy atom. The fourth-order valence-electron chi connectivity index (χ4n) is 1.59. The normalized spacial score (nSPS) is 14.8. The molecular formula is C13H18F3N. The Labute approximate surface area is 100 Å². The maximum absolute atomic E-state index is 12.4. The lowest BCUT2D eigenvalue weighted by Gasteiger charge is -2.32. The monoisotopic (exact) mass is 245 g/mol. The zero-order valence-electron chi connectivity index (χ0n) is 10.5. The molecule has 0 heterocycles. The van der Waals surface area contributed by atoms with E-state index in [-0.39, 0.29) is 11.5 Å². The summed E-state index contributed by atoms with van der Waals surface area (Å²) in [5.41, 5.74) is 0.146. The molecule has 1 aromatic carbocycles. The van der Waals surface area contributed by atoms with Crippen LogP contribution in [-0.2, 0) is 6.18 Å². The van der Waals surface area contributed by atoms with Crippen molar-refractivity contribution < 1.29 is 13.2 Å². The number of benzene rings is 1. The average molecular weight is 245 g/mol. The topological polar surface area (TPSA) is 12.0 Å². The summed E-state index contributed by atoms with van der Waals surface area (Å²) in [6.07, 6.45) is -4.26. The largest absolute Gasteiger partial charge is 0.416 e. The first-order chi connectivity index (χ1) is 7.68. The van der Waals surface area contributed by atoms with Gasteiger partial charge in [-0.25, -0.2) is 0 Å². The van der Waals surface area contributed by atoms with E-state index in [2.05, 4.69) is 5.32 Å². The van der Waals surface area contributed by atoms with Gasteiger partial charge in [0.1, 0.15) is 0 Å². The second-order valence-electron chi connectivity index (χ2n) is 4.81. The molecule has 96 valence electrons. The van der Waals surface area contributed by atoms with Crippen molar-refractivity contribution in [1.82, 2.24) is 5.32 Å². The van der Waals surface area contributed by atoms with Crippen LogP contribution in [0.3, 0.4) is 0 Å². The minimum absolute atomic E-state index is 0.134. The molecule has 0 aliphatic carbocycles. The number of likely N-dealkylation sites (N-methyl/N-ethyl adjacent to an activating group) is 1. The van der Waals surface area contributed by atoms with Crippen molar-refractivity contribution in [2.45, 2.75) is 38.4 Å². The Morgan fingerprint density at radius 1 is 1.06 bits per heavy atom. The maximum Gasteiger partial charge on any atom is 0.416 e. The summed E-state index contributed by atoms with van der Waals surface area (Å²) in [6.45, 7) is 6.05. The molecule has 1 unspecified atom stereocenters. The van der Waals surface area contributed by atoms with Crippen molar-refractivity contribution in [2.75, 3.05) is 7.05 Å². The van der Waals surface area contributed by atoms with Gasteiger partial charge >= 0.3 is 6.18 Å². The standard InChI is InChI=1S/C13H18F3N/c1-9(12(2,3)17-4)10-5-7-11(8-6-10)13(14,15)16/h5-9,17H,1-4H3. The van der Waals surface area contributed by atoms with Crippen molar-refractivity contribution in [3.63, 3.8) is 0 Å². The van der Waals surface area contributed by atoms with Gasteiger partial charge in [-0.3, -0.25) is 0 Å². The summed E-state index contributed by atoms with van der Waals surface area (Å²) in [7, 11) is 1.85. The van der Waals surface area contributed by atoms with E-state index in [1.165, 1.54) is 0 Å². The minimum atomic E-state index is -4.26. The molecule has 1 rings (SSSR count). The Balaban J connectivity index is 2.96. The summed E-state index contributed by atoms with van der Waals surface area (Å²) >= 11 is 0. The van der Waals surface area contributed by atoms with Crippen molar-refractivity contribution in [1.29, 1.82) is 0 Å². The first-order valence-corrected chi connectivity index (χ1v) is 5.54. The van der Waals surface area contributed by atoms with Gasteiger partial charge in [0.15, 0.2) is 0 Å². The second kappa shape index (κ2) is 4.69. The molecule has 1 atom stereocenters. The van der Waals surface area contributed by atoms with Gasteiger partial charge in [0.05, 0.1) is 5.56 Å². The molecule has 0 saturated carbocycles. The van der Waals surface area contributed by atoms with Gasteiger partial charge in [-0.05, 0) is 44.5 Å². The van der Waals surface area contributed by atoms with Gasteiger partial charge in [0.2, 0.25) is 0 Å². The van der Waals surface area contributed by atoms with Gasteiger partial charge in [-0.2, -0.15) is 13.2 Å². The zero-order chi connectivity index (χ0) is 13.3. The molecule has 1 aromatic rings. The predicted molar refractivity (Wildman–Crippen MR) is 63.0 cm³/mol. The van der Waals surface area contributed by atoms with Gasteiger partial charge < -0.3 is 5.32 Å². The van der Waals surface area contributed by atoms with Crippen molar-refractivity contribution >= 4 is 0 Å². The number of rotatable bonds is 3. The Morgan fingerprint density at radius 3 is 1.88 bits per heavy atom. The molecule has 4 heteroatoms. The summed E-state index contributed by atoms with van der Waals surface area (Å²) in [5, 5.41) is 3.16. The summed E-state index contributed by atoms with van der Waals surface area (Å²) < 4.78 is 37.2. The van der Waals surface area contributed by atoms with E-state index >= 15 is 0 Å². The quantitative estimate of drug-likeness (QED) is 0.854. The van der Waals surface area contributed by atoms with Gasteiger partial charge in [0, 0.05) is 5.54 Å². The summed E-state index contributed by atoms with van der Waals surface area (Å²) in [4.78, 5) is 0. The predicted octanol–water partition coefficient (Wildman–Crippen LogP) is 3.81. The van der Waals surface area contributed by atoms with Crippen LogP contribution in [0.4, 0.5) is 13.2 Å². The van der Waals surface area contributed by atoms with E-state index in [0.717, 1.165) is 17.7 Å². The molecule has 0 aliphatic rings. The highest BCUT2D eigenvalue weighted by Gasteiger charge is 2.31. The Kier molecular flexibility index (Phi) is 3.87. The Hall–Kier alpha value is -1.03. The van der Waals surface area contributed by atoms with Crippen LogP contribution in [0.2, 0.25) is 0 Å². The lowest BCUT2D eigenvalue weighted by Crippen LogP contribution is -2.41. The van der Waals surface area contributed by atoms with E-state index in [0.29, 0.717) is 0 Å². The minimum Gasteiger partial charge on any atom is -0.314 e. The smallest absolute Gasteiger partial charge is 0.314 e. The Bertz CT molecular complexity index is 365. The van der Waals surface area contributed by atoms with Crippen LogP contribution in [-0.4, -0.2) is 12.6 Å². The van der Waals surface area contributed by atoms with Crippen LogP contribution in [0.25, 0.3) is 0 Å². The van der Waals surface area contributed by atoms with E-state index in [9.17, 15) is 13.2 Å². The third-order valence-electron chi connectivity index (χ3n) is 3.46. The van der Waals surface area contributed by atoms with Gasteiger partial charge in [-0.1, -0.05) is 19.1 Å². The van der Waals surface area contributed by atoms with Crippen LogP contribution < -0.4 is 5.32 Å². The molecule has 17 heavy (non-hydrogen) atoms. The molecule has 1 N–H and O–H groups in total. The van der Waals surface area contributed by atoms with Crippen LogP contribution in [0.1, 0.15) is 37.8 Å². The van der Waals surface area contributed by atoms with Gasteiger partial charge in [0.25, 0.3) is 0 Å². The molecule has 0 aliphatic heterocycles. The SMILES string of the molecule is CNC(C)(C)C(C)c1ccc(C(F)(F)F)cc1. The maximum atomic E-state index is 12.4. The fraction of sp³-hybridized carbons (Fsp3) is 0.538. The molecule has 0 aromatic heterocycles. The number of halogens is 3. The second-order valence-corrected chi connectivity index (χ2v) is 4.81. The first kappa shape index (κ1) is 14.0. The van der Waals surface area contributed by atoms with Crippen LogP contribution in [0.5, 0.6) is 0 Å². The van der Waals surface area contributed by atoms with Crippen LogP contribution in [0, 0.1) is 0 Å². The van der Waals surface area contributed by atoms with Crippen molar-refractivity contribution in [2.24, 2.45) is 0 Å². The molecule has 0 saturated heterocycles. The van der Waals surface area contributed by atoms with E-state index in [1.807, 2.05) is 27.8 Å². The molecule has 0 radical (unpaired) electrons. The number of hydrogen-bond acceptors (Lipinski definition) is 1. The average Bonchev–Trinajstić information content (AvgIpc) is 2.27. The number of hydrogen-bond donors (Lipinski definition) is 1. The van der Waals surface area contributed by atoms with Gasteiger partial charge in [-0.15, -0.1) is 0 Å². The third-order valence-corrected chi connectivity index (χ3v) is 3.46. The molecular weight excluding hydrogens is 227 g/mol. The summed E-state index contributed by atoms with van der Waals surface area (Å²) in [6, 6.07) is 5.37. The van der Waals surface area contributed by atoms with Crippen LogP contribution in [0.15, 0.2) is 24.3 Å². The van der Waals surface area contributed by atoms with E-state index in [4.69, 9.17) is 0 Å². The van der Waals surface area contributed by atoms with Crippen molar-refractivity contribution in [3.05, 3.63) is 35.4 Å². The zero-order valence-corrected chi connectivity index (χ0v) is 10.5. The molecule has 0 amide bonds. The molecule has 0 bridgehead atoms. The highest BCUT2D eigenvalue weighted by atomic mass is 19.4. The van der Waals surface area contributed by atoms with Crippen molar-refractivity contribution in [3.8, 4) is 0 Å². The highest BCUT2D eigenvalue weighted by molar-refractivity contribution is 5.28. The third kappa shape index (κ3) is 3.22. The lowest BCUT2D eigenvalue weighted by atomic mass is 9.83.